The molecule has 5 nitrogen and oxygen atoms in total. The molecular weight excluding hydrogens is 278 g/mol. The molecule has 8 atom stereocenters. The Labute approximate surface area is 125 Å². The molecule has 0 saturated heterocycles. The molecule has 2 bridgehead atoms. The molecule has 22 heavy (non-hydrogen) atoms. The molecule has 0 radical (unpaired) electrons. The van der Waals surface area contributed by atoms with Gasteiger partial charge in [-0.3, -0.25) is 0 Å². The molecule has 1 aromatic heterocycles. The van der Waals surface area contributed by atoms with Crippen LogP contribution in [0.15, 0.2) is 39.9 Å². The van der Waals surface area contributed by atoms with Gasteiger partial charge in [0.15, 0.2) is 0 Å². The summed E-state index contributed by atoms with van der Waals surface area (Å²) >= 11 is 0. The Morgan fingerprint density at radius 2 is 1.64 bits per heavy atom. The molecule has 6 aliphatic rings. The van der Waals surface area contributed by atoms with Crippen molar-refractivity contribution < 1.29 is 0 Å². The highest BCUT2D eigenvalue weighted by Crippen LogP contribution is 2.96. The van der Waals surface area contributed by atoms with Crippen LogP contribution in [-0.2, 0) is 0 Å². The van der Waals surface area contributed by atoms with E-state index in [1.165, 1.54) is 4.57 Å². The molecule has 4 fully saturated rings. The number of nitrogens with zero attached hydrogens (tertiary/aromatic N) is 3. The van der Waals surface area contributed by atoms with Crippen LogP contribution in [-0.4, -0.2) is 13.9 Å². The number of hydrogen-bond donors (Lipinski definition) is 0. The van der Waals surface area contributed by atoms with Crippen molar-refractivity contribution in [1.82, 2.24) is 13.9 Å². The first kappa shape index (κ1) is 10.6. The van der Waals surface area contributed by atoms with E-state index >= 15 is 0 Å². The van der Waals surface area contributed by atoms with E-state index in [0.717, 1.165) is 11.8 Å². The van der Waals surface area contributed by atoms with Crippen LogP contribution in [0.4, 0.5) is 0 Å². The maximum Gasteiger partial charge on any atom is 0.352 e. The van der Waals surface area contributed by atoms with E-state index in [0.29, 0.717) is 34.9 Å². The maximum atomic E-state index is 13.0. The zero-order chi connectivity index (χ0) is 14.5. The first-order valence-electron chi connectivity index (χ1n) is 8.19. The molecule has 4 aliphatic carbocycles. The minimum atomic E-state index is -0.141. The second-order valence-corrected chi connectivity index (χ2v) is 8.01. The second-order valence-electron chi connectivity index (χ2n) is 8.01. The molecule has 110 valence electrons. The van der Waals surface area contributed by atoms with Crippen molar-refractivity contribution in [3.8, 4) is 5.69 Å². The topological polar surface area (TPSA) is 48.9 Å². The lowest BCUT2D eigenvalue weighted by Crippen LogP contribution is -2.95. The molecule has 3 heterocycles. The molecule has 4 saturated carbocycles. The molecule has 1 aromatic carbocycles. The SMILES string of the molecule is C[C@]12[C@H]3[C@H]4[C@H]5[C@@H]3[C@@H]1n1c(=O)n(-c3ccccc3)c(=O)n1[C@@H]5[C@@H]42. The van der Waals surface area contributed by atoms with E-state index in [9.17, 15) is 9.59 Å². The van der Waals surface area contributed by atoms with Crippen molar-refractivity contribution in [2.75, 3.05) is 0 Å². The summed E-state index contributed by atoms with van der Waals surface area (Å²) in [5.41, 5.74) is 0.707. The largest absolute Gasteiger partial charge is 0.352 e. The Hall–Kier alpha value is -2.04. The highest BCUT2D eigenvalue weighted by molar-refractivity contribution is 5.42. The maximum absolute atomic E-state index is 13.0. The summed E-state index contributed by atoms with van der Waals surface area (Å²) in [5.74, 6) is 3.73. The van der Waals surface area contributed by atoms with Gasteiger partial charge in [0, 0.05) is 0 Å². The standard InChI is InChI=1S/C17H15N3O2/c1-17-11-9-8-10(11)14(17)20-16(22)18(7-5-3-2-4-6-7)15(21)19(20)13(8)12(9)17/h2-6,8-14H,1H3/t8-,9+,10-,11-,12+,13-,14-,17+/m0/s1. The summed E-state index contributed by atoms with van der Waals surface area (Å²) in [7, 11) is 0. The van der Waals surface area contributed by atoms with Crippen LogP contribution in [0.25, 0.3) is 5.69 Å². The van der Waals surface area contributed by atoms with Gasteiger partial charge in [-0.25, -0.2) is 23.5 Å². The lowest BCUT2D eigenvalue weighted by Gasteiger charge is -2.96. The molecule has 8 rings (SSSR count). The smallest absolute Gasteiger partial charge is 0.245 e. The summed E-state index contributed by atoms with van der Waals surface area (Å²) in [6.07, 6.45) is 0. The number of para-hydroxylation sites is 1. The fraction of sp³-hybridized carbons (Fsp3) is 0.529. The van der Waals surface area contributed by atoms with Gasteiger partial charge in [-0.15, -0.1) is 0 Å². The lowest BCUT2D eigenvalue weighted by atomic mass is 9.11. The fourth-order valence-electron chi connectivity index (χ4n) is 7.43. The normalized spacial score (nSPS) is 50.1. The summed E-state index contributed by atoms with van der Waals surface area (Å²) in [4.78, 5) is 25.9. The number of rotatable bonds is 1. The van der Waals surface area contributed by atoms with Gasteiger partial charge in [-0.1, -0.05) is 25.1 Å². The Bertz CT molecular complexity index is 999. The van der Waals surface area contributed by atoms with Crippen LogP contribution in [0.3, 0.4) is 0 Å². The fourth-order valence-corrected chi connectivity index (χ4v) is 7.43. The van der Waals surface area contributed by atoms with Gasteiger partial charge < -0.3 is 0 Å². The average molecular weight is 293 g/mol. The minimum Gasteiger partial charge on any atom is -0.245 e. The van der Waals surface area contributed by atoms with Gasteiger partial charge in [0.1, 0.15) is 0 Å². The molecule has 0 amide bonds. The highest BCUT2D eigenvalue weighted by atomic mass is 16.2. The third kappa shape index (κ3) is 0.668. The third-order valence-corrected chi connectivity index (χ3v) is 7.90. The molecule has 0 spiro atoms. The predicted molar refractivity (Wildman–Crippen MR) is 77.9 cm³/mol. The van der Waals surface area contributed by atoms with Crippen molar-refractivity contribution in [2.45, 2.75) is 19.0 Å². The van der Waals surface area contributed by atoms with Crippen LogP contribution in [0, 0.1) is 35.0 Å². The van der Waals surface area contributed by atoms with Gasteiger partial charge >= 0.3 is 11.4 Å². The van der Waals surface area contributed by atoms with Crippen molar-refractivity contribution in [3.05, 3.63) is 51.3 Å². The minimum absolute atomic E-state index is 0.138. The van der Waals surface area contributed by atoms with Gasteiger partial charge in [0.2, 0.25) is 0 Å². The van der Waals surface area contributed by atoms with E-state index < -0.39 is 0 Å². The average Bonchev–Trinajstić information content (AvgIpc) is 2.72. The Balaban J connectivity index is 1.57. The van der Waals surface area contributed by atoms with Crippen LogP contribution in [0.1, 0.15) is 19.0 Å². The van der Waals surface area contributed by atoms with Crippen molar-refractivity contribution in [3.63, 3.8) is 0 Å². The Morgan fingerprint density at radius 3 is 2.36 bits per heavy atom. The van der Waals surface area contributed by atoms with Gasteiger partial charge in [-0.05, 0) is 47.1 Å². The number of hydrogen-bond acceptors (Lipinski definition) is 2. The van der Waals surface area contributed by atoms with Crippen molar-refractivity contribution in [1.29, 1.82) is 0 Å². The van der Waals surface area contributed by atoms with Gasteiger partial charge in [0.25, 0.3) is 0 Å². The predicted octanol–water partition coefficient (Wildman–Crippen LogP) is 1.04. The summed E-state index contributed by atoms with van der Waals surface area (Å²) < 4.78 is 5.01. The van der Waals surface area contributed by atoms with Gasteiger partial charge in [-0.2, -0.15) is 0 Å². The first-order valence-corrected chi connectivity index (χ1v) is 8.19. The molecule has 2 aliphatic heterocycles. The Kier molecular flexibility index (Phi) is 1.29. The summed E-state index contributed by atoms with van der Waals surface area (Å²) in [6, 6.07) is 9.89. The van der Waals surface area contributed by atoms with E-state index in [1.807, 2.05) is 39.7 Å². The zero-order valence-electron chi connectivity index (χ0n) is 12.1. The third-order valence-electron chi connectivity index (χ3n) is 7.90. The summed E-state index contributed by atoms with van der Waals surface area (Å²) in [6.45, 7) is 2.35. The van der Waals surface area contributed by atoms with Crippen LogP contribution in [0.5, 0.6) is 0 Å². The van der Waals surface area contributed by atoms with Crippen LogP contribution < -0.4 is 11.4 Å². The number of aromatic nitrogens is 3. The van der Waals surface area contributed by atoms with Crippen LogP contribution >= 0.6 is 0 Å². The Morgan fingerprint density at radius 1 is 0.909 bits per heavy atom. The highest BCUT2D eigenvalue weighted by Gasteiger charge is 2.95. The van der Waals surface area contributed by atoms with Gasteiger partial charge in [0.05, 0.1) is 17.8 Å². The second kappa shape index (κ2) is 2.66. The first-order chi connectivity index (χ1) is 10.7. The van der Waals surface area contributed by atoms with Crippen LogP contribution in [0.2, 0.25) is 0 Å². The van der Waals surface area contributed by atoms with E-state index in [-0.39, 0.29) is 17.4 Å². The lowest BCUT2D eigenvalue weighted by molar-refractivity contribution is -0.496. The van der Waals surface area contributed by atoms with E-state index in [2.05, 4.69) is 6.92 Å². The van der Waals surface area contributed by atoms with Crippen molar-refractivity contribution in [2.24, 2.45) is 35.0 Å². The summed E-state index contributed by atoms with van der Waals surface area (Å²) in [5, 5.41) is 0. The molecule has 5 heteroatoms. The zero-order valence-corrected chi connectivity index (χ0v) is 12.1. The quantitative estimate of drug-likeness (QED) is 0.789. The molecule has 0 N–H and O–H groups in total. The van der Waals surface area contributed by atoms with Crippen molar-refractivity contribution >= 4 is 0 Å². The molecule has 2 aromatic rings. The number of benzene rings is 1. The monoisotopic (exact) mass is 293 g/mol. The van der Waals surface area contributed by atoms with E-state index in [1.54, 1.807) is 0 Å². The van der Waals surface area contributed by atoms with E-state index in [4.69, 9.17) is 0 Å². The molecule has 0 unspecified atom stereocenters. The molecular formula is C17H15N3O2.